The molecule has 1 fully saturated rings. The summed E-state index contributed by atoms with van der Waals surface area (Å²) in [6.45, 7) is 3.82. The number of aromatic nitrogens is 4. The summed E-state index contributed by atoms with van der Waals surface area (Å²) in [5.41, 5.74) is 1.41. The zero-order valence-corrected chi connectivity index (χ0v) is 12.9. The Bertz CT molecular complexity index is 668. The van der Waals surface area contributed by atoms with Gasteiger partial charge in [0.25, 0.3) is 5.91 Å². The van der Waals surface area contributed by atoms with Crippen LogP contribution in [-0.4, -0.2) is 57.2 Å². The van der Waals surface area contributed by atoms with E-state index in [2.05, 4.69) is 32.8 Å². The highest BCUT2D eigenvalue weighted by atomic mass is 16.1. The lowest BCUT2D eigenvalue weighted by molar-refractivity contribution is 0.0912. The number of carbonyl (C=O) groups excluding carboxylic acids is 1. The molecule has 2 aromatic rings. The molecule has 3 rings (SSSR count). The van der Waals surface area contributed by atoms with Gasteiger partial charge in [-0.15, -0.1) is 5.10 Å². The van der Waals surface area contributed by atoms with Gasteiger partial charge in [0.05, 0.1) is 5.69 Å². The van der Waals surface area contributed by atoms with Crippen molar-refractivity contribution in [3.8, 4) is 5.69 Å². The summed E-state index contributed by atoms with van der Waals surface area (Å²) in [4.78, 5) is 14.7. The van der Waals surface area contributed by atoms with Crippen LogP contribution < -0.4 is 5.32 Å². The van der Waals surface area contributed by atoms with Gasteiger partial charge in [-0.25, -0.2) is 0 Å². The highest BCUT2D eigenvalue weighted by Crippen LogP contribution is 2.12. The number of carbonyl (C=O) groups is 1. The zero-order chi connectivity index (χ0) is 15.5. The molecule has 0 bridgehead atoms. The fraction of sp³-hybridized carbons (Fsp3) is 0.467. The van der Waals surface area contributed by atoms with Crippen molar-refractivity contribution >= 4 is 5.91 Å². The molecule has 1 aromatic carbocycles. The quantitative estimate of drug-likeness (QED) is 0.907. The Balaban J connectivity index is 1.74. The molecule has 1 N–H and O–H groups in total. The minimum absolute atomic E-state index is 0.0483. The third kappa shape index (κ3) is 3.14. The highest BCUT2D eigenvalue weighted by Gasteiger charge is 2.19. The van der Waals surface area contributed by atoms with Gasteiger partial charge in [-0.1, -0.05) is 6.07 Å². The Morgan fingerprint density at radius 3 is 3.00 bits per heavy atom. The van der Waals surface area contributed by atoms with Gasteiger partial charge in [-0.3, -0.25) is 4.79 Å². The maximum absolute atomic E-state index is 12.4. The predicted octanol–water partition coefficient (Wildman–Crippen LogP) is 0.795. The molecule has 0 spiro atoms. The van der Waals surface area contributed by atoms with Crippen molar-refractivity contribution in [1.82, 2.24) is 30.4 Å². The number of benzene rings is 1. The van der Waals surface area contributed by atoms with Gasteiger partial charge in [0.2, 0.25) is 0 Å². The van der Waals surface area contributed by atoms with E-state index in [0.29, 0.717) is 11.4 Å². The molecule has 1 aromatic heterocycles. The van der Waals surface area contributed by atoms with Crippen molar-refractivity contribution < 1.29 is 4.79 Å². The van der Waals surface area contributed by atoms with Crippen LogP contribution in [-0.2, 0) is 0 Å². The van der Waals surface area contributed by atoms with Crippen LogP contribution in [0, 0.1) is 6.92 Å². The molecule has 22 heavy (non-hydrogen) atoms. The van der Waals surface area contributed by atoms with Crippen LogP contribution in [0.25, 0.3) is 5.69 Å². The summed E-state index contributed by atoms with van der Waals surface area (Å²) >= 11 is 0. The number of nitrogens with zero attached hydrogens (tertiary/aromatic N) is 5. The van der Waals surface area contributed by atoms with Crippen LogP contribution in [0.4, 0.5) is 0 Å². The lowest BCUT2D eigenvalue weighted by Crippen LogP contribution is -2.46. The van der Waals surface area contributed by atoms with Crippen molar-refractivity contribution in [3.05, 3.63) is 35.7 Å². The molecule has 116 valence electrons. The molecule has 0 saturated carbocycles. The molecule has 1 aliphatic rings. The molecule has 1 aliphatic heterocycles. The summed E-state index contributed by atoms with van der Waals surface area (Å²) in [5, 5.41) is 14.5. The lowest BCUT2D eigenvalue weighted by atomic mass is 10.1. The largest absolute Gasteiger partial charge is 0.348 e. The summed E-state index contributed by atoms with van der Waals surface area (Å²) in [6, 6.07) is 7.56. The average Bonchev–Trinajstić information content (AvgIpc) is 2.93. The average molecular weight is 300 g/mol. The Hall–Kier alpha value is -2.28. The number of hydrogen-bond acceptors (Lipinski definition) is 5. The molecular formula is C15H20N6O. The van der Waals surface area contributed by atoms with Crippen molar-refractivity contribution in [2.75, 3.05) is 20.1 Å². The van der Waals surface area contributed by atoms with E-state index in [1.807, 2.05) is 31.2 Å². The molecule has 1 saturated heterocycles. The first kappa shape index (κ1) is 14.6. The fourth-order valence-electron chi connectivity index (χ4n) is 2.80. The first-order valence-electron chi connectivity index (χ1n) is 7.48. The number of hydrogen-bond donors (Lipinski definition) is 1. The van der Waals surface area contributed by atoms with Crippen LogP contribution in [0.1, 0.15) is 29.0 Å². The first-order chi connectivity index (χ1) is 10.6. The number of nitrogens with one attached hydrogen (secondary N) is 1. The summed E-state index contributed by atoms with van der Waals surface area (Å²) in [7, 11) is 2.08. The van der Waals surface area contributed by atoms with Gasteiger partial charge >= 0.3 is 0 Å². The Morgan fingerprint density at radius 2 is 2.27 bits per heavy atom. The second-order valence-corrected chi connectivity index (χ2v) is 5.76. The van der Waals surface area contributed by atoms with E-state index in [1.165, 1.54) is 0 Å². The van der Waals surface area contributed by atoms with Crippen LogP contribution in [0.2, 0.25) is 0 Å². The number of tetrazole rings is 1. The maximum atomic E-state index is 12.4. The number of likely N-dealkylation sites (tertiary alicyclic amines) is 1. The third-order valence-corrected chi connectivity index (χ3v) is 3.94. The zero-order valence-electron chi connectivity index (χ0n) is 12.9. The van der Waals surface area contributed by atoms with E-state index in [-0.39, 0.29) is 11.9 Å². The normalized spacial score (nSPS) is 19.1. The number of aryl methyl sites for hydroxylation is 1. The Kier molecular flexibility index (Phi) is 4.15. The van der Waals surface area contributed by atoms with Gasteiger partial charge in [0, 0.05) is 18.2 Å². The summed E-state index contributed by atoms with van der Waals surface area (Å²) < 4.78 is 1.62. The van der Waals surface area contributed by atoms with E-state index in [1.54, 1.807) is 4.68 Å². The van der Waals surface area contributed by atoms with E-state index < -0.39 is 0 Å². The standard InChI is InChI=1S/C15H20N6O/c1-11-17-18-19-21(11)14-7-3-5-12(9-14)15(22)16-13-6-4-8-20(2)10-13/h3,5,7,9,13H,4,6,8,10H2,1-2H3,(H,16,22)/t13-/m1/s1. The number of rotatable bonds is 3. The molecule has 0 unspecified atom stereocenters. The topological polar surface area (TPSA) is 75.9 Å². The van der Waals surface area contributed by atoms with Crippen molar-refractivity contribution in [2.45, 2.75) is 25.8 Å². The van der Waals surface area contributed by atoms with Crippen molar-refractivity contribution in [1.29, 1.82) is 0 Å². The molecule has 2 heterocycles. The van der Waals surface area contributed by atoms with Crippen molar-refractivity contribution in [2.24, 2.45) is 0 Å². The molecule has 0 aliphatic carbocycles. The van der Waals surface area contributed by atoms with Crippen molar-refractivity contribution in [3.63, 3.8) is 0 Å². The molecule has 1 atom stereocenters. The molecule has 7 heteroatoms. The molecule has 7 nitrogen and oxygen atoms in total. The summed E-state index contributed by atoms with van der Waals surface area (Å²) in [5.74, 6) is 0.638. The fourth-order valence-corrected chi connectivity index (χ4v) is 2.80. The smallest absolute Gasteiger partial charge is 0.251 e. The molecular weight excluding hydrogens is 280 g/mol. The van der Waals surface area contributed by atoms with E-state index in [9.17, 15) is 4.79 Å². The second-order valence-electron chi connectivity index (χ2n) is 5.76. The molecule has 1 amide bonds. The van der Waals surface area contributed by atoms with Gasteiger partial charge in [-0.05, 0) is 62.0 Å². The first-order valence-corrected chi connectivity index (χ1v) is 7.48. The van der Waals surface area contributed by atoms with Crippen LogP contribution in [0.15, 0.2) is 24.3 Å². The number of piperidine rings is 1. The predicted molar refractivity (Wildman–Crippen MR) is 81.9 cm³/mol. The minimum Gasteiger partial charge on any atom is -0.348 e. The Morgan fingerprint density at radius 1 is 1.41 bits per heavy atom. The summed E-state index contributed by atoms with van der Waals surface area (Å²) in [6.07, 6.45) is 2.15. The monoisotopic (exact) mass is 300 g/mol. The number of likely N-dealkylation sites (N-methyl/N-ethyl adjacent to an activating group) is 1. The van der Waals surface area contributed by atoms with Crippen LogP contribution in [0.5, 0.6) is 0 Å². The lowest BCUT2D eigenvalue weighted by Gasteiger charge is -2.30. The van der Waals surface area contributed by atoms with Gasteiger partial charge in [0.15, 0.2) is 5.82 Å². The molecule has 0 radical (unpaired) electrons. The minimum atomic E-state index is -0.0483. The van der Waals surface area contributed by atoms with E-state index in [0.717, 1.165) is 31.6 Å². The second kappa shape index (κ2) is 6.23. The maximum Gasteiger partial charge on any atom is 0.251 e. The van der Waals surface area contributed by atoms with Gasteiger partial charge < -0.3 is 10.2 Å². The van der Waals surface area contributed by atoms with Gasteiger partial charge in [0.1, 0.15) is 0 Å². The van der Waals surface area contributed by atoms with Crippen LogP contribution >= 0.6 is 0 Å². The highest BCUT2D eigenvalue weighted by molar-refractivity contribution is 5.94. The van der Waals surface area contributed by atoms with Crippen LogP contribution in [0.3, 0.4) is 0 Å². The SMILES string of the molecule is Cc1nnnn1-c1cccc(C(=O)N[C@@H]2CCCN(C)C2)c1. The Labute approximate surface area is 129 Å². The number of amides is 1. The van der Waals surface area contributed by atoms with E-state index in [4.69, 9.17) is 0 Å². The van der Waals surface area contributed by atoms with E-state index >= 15 is 0 Å². The van der Waals surface area contributed by atoms with Gasteiger partial charge in [-0.2, -0.15) is 4.68 Å². The third-order valence-electron chi connectivity index (χ3n) is 3.94.